The number of hydrogen-bond donors (Lipinski definition) is 1. The van der Waals surface area contributed by atoms with Gasteiger partial charge in [0.05, 0.1) is 0 Å². The standard InChI is InChI=1S/C13H16N2O3/c1-9-5-4-6-10(14-9)12(16)15-8-3-2-7-11(15)13(17)18/h4-6,11H,2-3,7-8H2,1H3,(H,17,18)/t11-/m1/s1. The first-order chi connectivity index (χ1) is 8.59. The zero-order chi connectivity index (χ0) is 13.1. The number of aryl methyl sites for hydroxylation is 1. The molecule has 2 rings (SSSR count). The van der Waals surface area contributed by atoms with E-state index in [1.54, 1.807) is 12.1 Å². The zero-order valence-electron chi connectivity index (χ0n) is 10.3. The summed E-state index contributed by atoms with van der Waals surface area (Å²) in [6, 6.07) is 4.48. The average molecular weight is 248 g/mol. The number of hydrogen-bond acceptors (Lipinski definition) is 3. The molecule has 0 bridgehead atoms. The van der Waals surface area contributed by atoms with Crippen molar-refractivity contribution in [1.29, 1.82) is 0 Å². The molecular weight excluding hydrogens is 232 g/mol. The van der Waals surface area contributed by atoms with Crippen LogP contribution in [-0.4, -0.2) is 39.5 Å². The fourth-order valence-electron chi connectivity index (χ4n) is 2.24. The molecule has 1 aromatic rings. The molecule has 1 N–H and O–H groups in total. The zero-order valence-corrected chi connectivity index (χ0v) is 10.3. The summed E-state index contributed by atoms with van der Waals surface area (Å²) in [6.45, 7) is 2.30. The van der Waals surface area contributed by atoms with Crippen molar-refractivity contribution in [2.24, 2.45) is 0 Å². The summed E-state index contributed by atoms with van der Waals surface area (Å²) in [5.41, 5.74) is 1.08. The highest BCUT2D eigenvalue weighted by atomic mass is 16.4. The van der Waals surface area contributed by atoms with Crippen molar-refractivity contribution >= 4 is 11.9 Å². The van der Waals surface area contributed by atoms with Crippen LogP contribution >= 0.6 is 0 Å². The lowest BCUT2D eigenvalue weighted by atomic mass is 10.0. The van der Waals surface area contributed by atoms with Gasteiger partial charge in [-0.15, -0.1) is 0 Å². The van der Waals surface area contributed by atoms with Crippen molar-refractivity contribution in [1.82, 2.24) is 9.88 Å². The number of carbonyl (C=O) groups excluding carboxylic acids is 1. The largest absolute Gasteiger partial charge is 0.480 e. The predicted octanol–water partition coefficient (Wildman–Crippen LogP) is 1.47. The molecule has 0 unspecified atom stereocenters. The molecule has 1 fully saturated rings. The number of carbonyl (C=O) groups is 2. The van der Waals surface area contributed by atoms with Gasteiger partial charge in [0.25, 0.3) is 5.91 Å². The maximum atomic E-state index is 12.3. The summed E-state index contributed by atoms with van der Waals surface area (Å²) in [4.78, 5) is 29.0. The lowest BCUT2D eigenvalue weighted by molar-refractivity contribution is -0.143. The molecule has 2 heterocycles. The van der Waals surface area contributed by atoms with E-state index in [-0.39, 0.29) is 5.91 Å². The van der Waals surface area contributed by atoms with Gasteiger partial charge in [0.1, 0.15) is 11.7 Å². The summed E-state index contributed by atoms with van der Waals surface area (Å²) < 4.78 is 0. The van der Waals surface area contributed by atoms with Gasteiger partial charge >= 0.3 is 5.97 Å². The Kier molecular flexibility index (Phi) is 3.60. The van der Waals surface area contributed by atoms with Crippen LogP contribution in [0, 0.1) is 6.92 Å². The van der Waals surface area contributed by atoms with Crippen LogP contribution in [0.15, 0.2) is 18.2 Å². The second-order valence-corrected chi connectivity index (χ2v) is 4.51. The molecule has 0 spiro atoms. The molecule has 96 valence electrons. The number of likely N-dealkylation sites (tertiary alicyclic amines) is 1. The second kappa shape index (κ2) is 5.16. The second-order valence-electron chi connectivity index (χ2n) is 4.51. The summed E-state index contributed by atoms with van der Waals surface area (Å²) in [6.07, 6.45) is 2.22. The predicted molar refractivity (Wildman–Crippen MR) is 65.3 cm³/mol. The Hall–Kier alpha value is -1.91. The van der Waals surface area contributed by atoms with E-state index < -0.39 is 12.0 Å². The van der Waals surface area contributed by atoms with Gasteiger partial charge in [0.15, 0.2) is 0 Å². The van der Waals surface area contributed by atoms with Crippen molar-refractivity contribution in [3.8, 4) is 0 Å². The molecule has 1 atom stereocenters. The molecular formula is C13H16N2O3. The van der Waals surface area contributed by atoms with E-state index in [2.05, 4.69) is 4.98 Å². The highest BCUT2D eigenvalue weighted by Crippen LogP contribution is 2.19. The number of amides is 1. The average Bonchev–Trinajstić information content (AvgIpc) is 2.38. The Labute approximate surface area is 105 Å². The molecule has 1 amide bonds. The lowest BCUT2D eigenvalue weighted by Gasteiger charge is -2.32. The van der Waals surface area contributed by atoms with Crippen LogP contribution in [-0.2, 0) is 4.79 Å². The van der Waals surface area contributed by atoms with E-state index in [1.807, 2.05) is 13.0 Å². The Balaban J connectivity index is 2.23. The summed E-state index contributed by atoms with van der Waals surface area (Å²) in [7, 11) is 0. The van der Waals surface area contributed by atoms with Gasteiger partial charge < -0.3 is 10.0 Å². The molecule has 1 aliphatic rings. The highest BCUT2D eigenvalue weighted by Gasteiger charge is 2.32. The van der Waals surface area contributed by atoms with E-state index in [0.29, 0.717) is 18.7 Å². The third-order valence-corrected chi connectivity index (χ3v) is 3.16. The van der Waals surface area contributed by atoms with Gasteiger partial charge in [-0.1, -0.05) is 6.07 Å². The number of carboxylic acids is 1. The summed E-state index contributed by atoms with van der Waals surface area (Å²) >= 11 is 0. The van der Waals surface area contributed by atoms with Crippen LogP contribution in [0.2, 0.25) is 0 Å². The van der Waals surface area contributed by atoms with Gasteiger partial charge in [-0.2, -0.15) is 0 Å². The van der Waals surface area contributed by atoms with Crippen molar-refractivity contribution < 1.29 is 14.7 Å². The normalized spacial score (nSPS) is 19.6. The minimum atomic E-state index is -0.935. The maximum Gasteiger partial charge on any atom is 0.326 e. The molecule has 5 nitrogen and oxygen atoms in total. The minimum Gasteiger partial charge on any atom is -0.480 e. The van der Waals surface area contributed by atoms with Crippen molar-refractivity contribution in [2.75, 3.05) is 6.54 Å². The highest BCUT2D eigenvalue weighted by molar-refractivity contribution is 5.95. The molecule has 1 saturated heterocycles. The number of nitrogens with zero attached hydrogens (tertiary/aromatic N) is 2. The number of aliphatic carboxylic acids is 1. The first-order valence-electron chi connectivity index (χ1n) is 6.07. The van der Waals surface area contributed by atoms with Crippen LogP contribution in [0.25, 0.3) is 0 Å². The third kappa shape index (κ3) is 2.50. The quantitative estimate of drug-likeness (QED) is 0.860. The maximum absolute atomic E-state index is 12.3. The topological polar surface area (TPSA) is 70.5 Å². The molecule has 1 aliphatic heterocycles. The minimum absolute atomic E-state index is 0.286. The van der Waals surface area contributed by atoms with Crippen LogP contribution in [0.4, 0.5) is 0 Å². The van der Waals surface area contributed by atoms with Crippen molar-refractivity contribution in [2.45, 2.75) is 32.2 Å². The Bertz CT molecular complexity index is 473. The van der Waals surface area contributed by atoms with E-state index >= 15 is 0 Å². The molecule has 0 aromatic carbocycles. The van der Waals surface area contributed by atoms with E-state index in [0.717, 1.165) is 18.5 Å². The van der Waals surface area contributed by atoms with E-state index in [1.165, 1.54) is 4.90 Å². The van der Waals surface area contributed by atoms with Crippen molar-refractivity contribution in [3.05, 3.63) is 29.6 Å². The molecule has 0 saturated carbocycles. The lowest BCUT2D eigenvalue weighted by Crippen LogP contribution is -2.48. The summed E-state index contributed by atoms with van der Waals surface area (Å²) in [5.74, 6) is -1.22. The van der Waals surface area contributed by atoms with E-state index in [9.17, 15) is 9.59 Å². The third-order valence-electron chi connectivity index (χ3n) is 3.16. The number of pyridine rings is 1. The van der Waals surface area contributed by atoms with Gasteiger partial charge in [-0.25, -0.2) is 9.78 Å². The number of rotatable bonds is 2. The fraction of sp³-hybridized carbons (Fsp3) is 0.462. The van der Waals surface area contributed by atoms with Crippen LogP contribution < -0.4 is 0 Å². The molecule has 1 aromatic heterocycles. The SMILES string of the molecule is Cc1cccc(C(=O)N2CCCC[C@@H]2C(=O)O)n1. The first-order valence-corrected chi connectivity index (χ1v) is 6.07. The molecule has 0 aliphatic carbocycles. The number of carboxylic acid groups (broad SMARTS) is 1. The van der Waals surface area contributed by atoms with Crippen molar-refractivity contribution in [3.63, 3.8) is 0 Å². The van der Waals surface area contributed by atoms with E-state index in [4.69, 9.17) is 5.11 Å². The Morgan fingerprint density at radius 2 is 2.17 bits per heavy atom. The molecule has 0 radical (unpaired) electrons. The number of aromatic nitrogens is 1. The smallest absolute Gasteiger partial charge is 0.326 e. The Morgan fingerprint density at radius 1 is 1.39 bits per heavy atom. The van der Waals surface area contributed by atoms with Crippen LogP contribution in [0.5, 0.6) is 0 Å². The Morgan fingerprint density at radius 3 is 2.83 bits per heavy atom. The fourth-order valence-corrected chi connectivity index (χ4v) is 2.24. The monoisotopic (exact) mass is 248 g/mol. The van der Waals surface area contributed by atoms with Gasteiger partial charge in [-0.3, -0.25) is 4.79 Å². The number of piperidine rings is 1. The van der Waals surface area contributed by atoms with Gasteiger partial charge in [0.2, 0.25) is 0 Å². The van der Waals surface area contributed by atoms with Gasteiger partial charge in [-0.05, 0) is 38.3 Å². The van der Waals surface area contributed by atoms with Crippen LogP contribution in [0.1, 0.15) is 35.4 Å². The first kappa shape index (κ1) is 12.5. The van der Waals surface area contributed by atoms with Crippen LogP contribution in [0.3, 0.4) is 0 Å². The summed E-state index contributed by atoms with van der Waals surface area (Å²) in [5, 5.41) is 9.14. The molecule has 18 heavy (non-hydrogen) atoms. The molecule has 5 heteroatoms. The van der Waals surface area contributed by atoms with Gasteiger partial charge in [0, 0.05) is 12.2 Å².